The quantitative estimate of drug-likeness (QED) is 0.650. The molecule has 0 fully saturated rings. The Morgan fingerprint density at radius 3 is 2.52 bits per heavy atom. The van der Waals surface area contributed by atoms with Crippen molar-refractivity contribution >= 4 is 27.0 Å². The van der Waals surface area contributed by atoms with Crippen molar-refractivity contribution in [2.45, 2.75) is 18.2 Å². The summed E-state index contributed by atoms with van der Waals surface area (Å²) in [6.45, 7) is 1.85. The number of anilines is 1. The first-order chi connectivity index (χ1) is 12.6. The number of nitrogens with one attached hydrogen (secondary N) is 1. The number of benzene rings is 2. The maximum Gasteiger partial charge on any atom is 0.573 e. The van der Waals surface area contributed by atoms with Gasteiger partial charge in [0.15, 0.2) is 0 Å². The van der Waals surface area contributed by atoms with Crippen LogP contribution >= 0.6 is 11.3 Å². The highest BCUT2D eigenvalue weighted by Gasteiger charge is 2.34. The molecular weight excluding hydrogens is 401 g/mol. The number of halogens is 3. The molecule has 0 unspecified atom stereocenters. The molecule has 0 bridgehead atoms. The lowest BCUT2D eigenvalue weighted by molar-refractivity contribution is -0.275. The van der Waals surface area contributed by atoms with E-state index in [9.17, 15) is 21.6 Å². The van der Waals surface area contributed by atoms with Gasteiger partial charge < -0.3 is 4.74 Å². The lowest BCUT2D eigenvalue weighted by Crippen LogP contribution is -2.20. The van der Waals surface area contributed by atoms with E-state index in [1.54, 1.807) is 18.2 Å². The Morgan fingerprint density at radius 1 is 1.11 bits per heavy atom. The van der Waals surface area contributed by atoms with E-state index in [0.717, 1.165) is 17.1 Å². The molecule has 2 aromatic carbocycles. The van der Waals surface area contributed by atoms with Crippen LogP contribution in [0.3, 0.4) is 0 Å². The highest BCUT2D eigenvalue weighted by atomic mass is 32.2. The van der Waals surface area contributed by atoms with Gasteiger partial charge in [-0.2, -0.15) is 0 Å². The summed E-state index contributed by atoms with van der Waals surface area (Å²) in [6.07, 6.45) is -5.01. The monoisotopic (exact) mass is 414 g/mol. The number of sulfonamides is 1. The van der Waals surface area contributed by atoms with Gasteiger partial charge in [-0.25, -0.2) is 13.4 Å². The minimum Gasteiger partial charge on any atom is -0.404 e. The summed E-state index contributed by atoms with van der Waals surface area (Å²) in [6, 6.07) is 11.0. The van der Waals surface area contributed by atoms with E-state index in [4.69, 9.17) is 0 Å². The topological polar surface area (TPSA) is 68.3 Å². The molecule has 0 amide bonds. The highest BCUT2D eigenvalue weighted by Crippen LogP contribution is 2.31. The Balaban J connectivity index is 1.92. The third-order valence-corrected chi connectivity index (χ3v) is 5.59. The zero-order chi connectivity index (χ0) is 19.7. The largest absolute Gasteiger partial charge is 0.573 e. The van der Waals surface area contributed by atoms with Crippen molar-refractivity contribution in [1.82, 2.24) is 4.98 Å². The van der Waals surface area contributed by atoms with Crippen LogP contribution in [0.1, 0.15) is 5.01 Å². The van der Waals surface area contributed by atoms with E-state index < -0.39 is 27.0 Å². The van der Waals surface area contributed by atoms with Crippen molar-refractivity contribution in [2.75, 3.05) is 4.72 Å². The summed E-state index contributed by atoms with van der Waals surface area (Å²) >= 11 is 1.45. The molecule has 142 valence electrons. The molecule has 3 aromatic rings. The summed E-state index contributed by atoms with van der Waals surface area (Å²) < 4.78 is 68.9. The lowest BCUT2D eigenvalue weighted by atomic mass is 10.1. The molecule has 10 heteroatoms. The number of para-hydroxylation sites is 1. The fourth-order valence-corrected chi connectivity index (χ4v) is 4.13. The number of aryl methyl sites for hydroxylation is 1. The molecule has 1 heterocycles. The summed E-state index contributed by atoms with van der Waals surface area (Å²) in [4.78, 5) is 3.71. The normalized spacial score (nSPS) is 12.0. The van der Waals surface area contributed by atoms with Crippen LogP contribution in [0.25, 0.3) is 11.3 Å². The van der Waals surface area contributed by atoms with Crippen LogP contribution in [-0.4, -0.2) is 19.8 Å². The number of thiazole rings is 1. The summed E-state index contributed by atoms with van der Waals surface area (Å²) in [5.74, 6) is -0.802. The third kappa shape index (κ3) is 4.77. The Morgan fingerprint density at radius 2 is 1.85 bits per heavy atom. The predicted octanol–water partition coefficient (Wildman–Crippen LogP) is 4.82. The van der Waals surface area contributed by atoms with Gasteiger partial charge in [0.1, 0.15) is 10.6 Å². The SMILES string of the molecule is Cc1nc(-c2cccc(NS(=O)(=O)c3ccccc3OC(F)(F)F)c2)cs1. The number of ether oxygens (including phenoxy) is 1. The average Bonchev–Trinajstić information content (AvgIpc) is 3.00. The van der Waals surface area contributed by atoms with E-state index in [2.05, 4.69) is 14.4 Å². The molecular formula is C17H13F3N2O3S2. The minimum atomic E-state index is -5.01. The fourth-order valence-electron chi connectivity index (χ4n) is 2.33. The zero-order valence-corrected chi connectivity index (χ0v) is 15.5. The average molecular weight is 414 g/mol. The molecule has 0 saturated carbocycles. The Labute approximate surface area is 157 Å². The number of rotatable bonds is 5. The lowest BCUT2D eigenvalue weighted by Gasteiger charge is -2.14. The van der Waals surface area contributed by atoms with Crippen molar-refractivity contribution in [3.8, 4) is 17.0 Å². The van der Waals surface area contributed by atoms with Crippen LogP contribution in [0.5, 0.6) is 5.75 Å². The van der Waals surface area contributed by atoms with Crippen molar-refractivity contribution in [1.29, 1.82) is 0 Å². The zero-order valence-electron chi connectivity index (χ0n) is 13.8. The smallest absolute Gasteiger partial charge is 0.404 e. The van der Waals surface area contributed by atoms with Crippen LogP contribution in [0.4, 0.5) is 18.9 Å². The van der Waals surface area contributed by atoms with Crippen molar-refractivity contribution in [3.63, 3.8) is 0 Å². The van der Waals surface area contributed by atoms with E-state index in [1.165, 1.54) is 29.5 Å². The third-order valence-electron chi connectivity index (χ3n) is 3.39. The second-order valence-corrected chi connectivity index (χ2v) is 8.15. The maximum atomic E-state index is 12.6. The molecule has 0 spiro atoms. The number of aromatic nitrogens is 1. The highest BCUT2D eigenvalue weighted by molar-refractivity contribution is 7.92. The van der Waals surface area contributed by atoms with E-state index >= 15 is 0 Å². The molecule has 0 aliphatic heterocycles. The van der Waals surface area contributed by atoms with Gasteiger partial charge in [0.25, 0.3) is 10.0 Å². The molecule has 0 atom stereocenters. The molecule has 5 nitrogen and oxygen atoms in total. The van der Waals surface area contributed by atoms with Crippen LogP contribution in [0.2, 0.25) is 0 Å². The second-order valence-electron chi connectivity index (χ2n) is 5.43. The van der Waals surface area contributed by atoms with Crippen LogP contribution in [0, 0.1) is 6.92 Å². The maximum absolute atomic E-state index is 12.6. The van der Waals surface area contributed by atoms with Crippen LogP contribution in [-0.2, 0) is 10.0 Å². The molecule has 1 N–H and O–H groups in total. The standard InChI is InChI=1S/C17H13F3N2O3S2/c1-11-21-14(10-26-11)12-5-4-6-13(9-12)22-27(23,24)16-8-3-2-7-15(16)25-17(18,19)20/h2-10,22H,1H3. The minimum absolute atomic E-state index is 0.194. The van der Waals surface area contributed by atoms with Gasteiger partial charge in [0.2, 0.25) is 0 Å². The first kappa shape index (κ1) is 19.2. The number of alkyl halides is 3. The molecule has 1 aromatic heterocycles. The molecule has 0 aliphatic carbocycles. The molecule has 0 aliphatic rings. The van der Waals surface area contributed by atoms with E-state index in [-0.39, 0.29) is 5.69 Å². The van der Waals surface area contributed by atoms with Gasteiger partial charge in [-0.05, 0) is 31.2 Å². The Bertz CT molecular complexity index is 1060. The van der Waals surface area contributed by atoms with Gasteiger partial charge in [-0.1, -0.05) is 24.3 Å². The van der Waals surface area contributed by atoms with Gasteiger partial charge in [0, 0.05) is 16.6 Å². The van der Waals surface area contributed by atoms with Crippen molar-refractivity contribution in [3.05, 3.63) is 58.9 Å². The summed E-state index contributed by atoms with van der Waals surface area (Å²) in [5.41, 5.74) is 1.55. The first-order valence-electron chi connectivity index (χ1n) is 7.54. The van der Waals surface area contributed by atoms with E-state index in [0.29, 0.717) is 11.3 Å². The Hall–Kier alpha value is -2.59. The van der Waals surface area contributed by atoms with Gasteiger partial charge >= 0.3 is 6.36 Å². The number of hydrogen-bond donors (Lipinski definition) is 1. The van der Waals surface area contributed by atoms with Crippen molar-refractivity contribution < 1.29 is 26.3 Å². The number of nitrogens with zero attached hydrogens (tertiary/aromatic N) is 1. The van der Waals surface area contributed by atoms with Gasteiger partial charge in [-0.15, -0.1) is 24.5 Å². The second kappa shape index (κ2) is 7.20. The van der Waals surface area contributed by atoms with Crippen LogP contribution in [0.15, 0.2) is 58.8 Å². The molecule has 3 rings (SSSR count). The van der Waals surface area contributed by atoms with Gasteiger partial charge in [-0.3, -0.25) is 4.72 Å². The summed E-state index contributed by atoms with van der Waals surface area (Å²) in [5, 5.41) is 2.68. The van der Waals surface area contributed by atoms with Gasteiger partial charge in [0.05, 0.1) is 10.7 Å². The van der Waals surface area contributed by atoms with E-state index in [1.807, 2.05) is 12.3 Å². The summed E-state index contributed by atoms with van der Waals surface area (Å²) in [7, 11) is -4.30. The van der Waals surface area contributed by atoms with Crippen molar-refractivity contribution in [2.24, 2.45) is 0 Å². The fraction of sp³-hybridized carbons (Fsp3) is 0.118. The first-order valence-corrected chi connectivity index (χ1v) is 9.90. The Kier molecular flexibility index (Phi) is 5.11. The van der Waals surface area contributed by atoms with Crippen LogP contribution < -0.4 is 9.46 Å². The number of hydrogen-bond acceptors (Lipinski definition) is 5. The molecule has 27 heavy (non-hydrogen) atoms. The predicted molar refractivity (Wildman–Crippen MR) is 96.2 cm³/mol. The molecule has 0 radical (unpaired) electrons. The molecule has 0 saturated heterocycles.